The fourth-order valence-corrected chi connectivity index (χ4v) is 3.10. The highest BCUT2D eigenvalue weighted by molar-refractivity contribution is 6.30. The minimum Gasteiger partial charge on any atom is -0.305 e. The fraction of sp³-hybridized carbons (Fsp3) is 0.316. The second-order valence-corrected chi connectivity index (χ2v) is 6.56. The smallest absolute Gasteiger partial charge is 0.0562 e. The molecular weight excluding hydrogens is 306 g/mol. The van der Waals surface area contributed by atoms with Gasteiger partial charge in [0.05, 0.1) is 5.69 Å². The highest BCUT2D eigenvalue weighted by Gasteiger charge is 2.24. The van der Waals surface area contributed by atoms with Crippen LogP contribution in [0.1, 0.15) is 12.0 Å². The predicted molar refractivity (Wildman–Crippen MR) is 98.3 cm³/mol. The van der Waals surface area contributed by atoms with Crippen LogP contribution in [0.15, 0.2) is 59.7 Å². The van der Waals surface area contributed by atoms with Crippen molar-refractivity contribution in [2.75, 3.05) is 25.6 Å². The van der Waals surface area contributed by atoms with Crippen molar-refractivity contribution in [1.82, 2.24) is 4.90 Å². The van der Waals surface area contributed by atoms with Gasteiger partial charge in [-0.15, -0.1) is 0 Å². The number of likely N-dealkylation sites (tertiary alicyclic amines) is 1. The zero-order chi connectivity index (χ0) is 16.1. The van der Waals surface area contributed by atoms with E-state index in [2.05, 4.69) is 47.7 Å². The van der Waals surface area contributed by atoms with Crippen molar-refractivity contribution in [1.29, 1.82) is 0 Å². The van der Waals surface area contributed by atoms with E-state index in [4.69, 9.17) is 16.7 Å². The monoisotopic (exact) mass is 327 g/mol. The van der Waals surface area contributed by atoms with Crippen molar-refractivity contribution in [2.45, 2.75) is 12.8 Å². The standard InChI is InChI=1S/C19H22ClN3/c1-23-12-11-19(22-21-18-9-7-17(20)8-10-18)16(14-23)13-15-5-3-2-4-6-15/h2-10,16,21H,11-14H2,1H3. The minimum absolute atomic E-state index is 0.455. The number of rotatable bonds is 4. The summed E-state index contributed by atoms with van der Waals surface area (Å²) in [5.41, 5.74) is 6.77. The summed E-state index contributed by atoms with van der Waals surface area (Å²) in [7, 11) is 2.18. The molecule has 4 heteroatoms. The van der Waals surface area contributed by atoms with E-state index in [-0.39, 0.29) is 0 Å². The average molecular weight is 328 g/mol. The van der Waals surface area contributed by atoms with Gasteiger partial charge in [-0.1, -0.05) is 41.9 Å². The molecule has 0 bridgehead atoms. The number of hydrazone groups is 1. The summed E-state index contributed by atoms with van der Waals surface area (Å²) in [4.78, 5) is 2.38. The van der Waals surface area contributed by atoms with Crippen molar-refractivity contribution < 1.29 is 0 Å². The molecule has 2 aromatic rings. The van der Waals surface area contributed by atoms with Gasteiger partial charge in [-0.2, -0.15) is 5.10 Å². The maximum Gasteiger partial charge on any atom is 0.0562 e. The van der Waals surface area contributed by atoms with Crippen LogP contribution in [0, 0.1) is 5.92 Å². The molecule has 0 spiro atoms. The van der Waals surface area contributed by atoms with Crippen LogP contribution in [0.2, 0.25) is 5.02 Å². The van der Waals surface area contributed by atoms with Gasteiger partial charge in [0, 0.05) is 36.2 Å². The summed E-state index contributed by atoms with van der Waals surface area (Å²) in [6.07, 6.45) is 2.04. The van der Waals surface area contributed by atoms with Crippen molar-refractivity contribution >= 4 is 23.0 Å². The van der Waals surface area contributed by atoms with Crippen LogP contribution in [0.25, 0.3) is 0 Å². The Labute approximate surface area is 143 Å². The van der Waals surface area contributed by atoms with E-state index < -0.39 is 0 Å². The first-order chi connectivity index (χ1) is 11.2. The Hall–Kier alpha value is -1.84. The van der Waals surface area contributed by atoms with E-state index in [1.54, 1.807) is 0 Å². The Morgan fingerprint density at radius 3 is 2.61 bits per heavy atom. The molecule has 1 aliphatic heterocycles. The van der Waals surface area contributed by atoms with Gasteiger partial charge in [0.2, 0.25) is 0 Å². The Morgan fingerprint density at radius 1 is 1.13 bits per heavy atom. The topological polar surface area (TPSA) is 27.6 Å². The lowest BCUT2D eigenvalue weighted by Gasteiger charge is -2.31. The van der Waals surface area contributed by atoms with Crippen LogP contribution in [-0.4, -0.2) is 30.7 Å². The molecule has 0 radical (unpaired) electrons. The maximum atomic E-state index is 5.92. The summed E-state index contributed by atoms with van der Waals surface area (Å²) >= 11 is 5.92. The van der Waals surface area contributed by atoms with E-state index in [1.165, 1.54) is 11.3 Å². The Morgan fingerprint density at radius 2 is 1.87 bits per heavy atom. The van der Waals surface area contributed by atoms with E-state index in [1.807, 2.05) is 24.3 Å². The lowest BCUT2D eigenvalue weighted by atomic mass is 9.89. The van der Waals surface area contributed by atoms with Crippen molar-refractivity contribution in [3.8, 4) is 0 Å². The van der Waals surface area contributed by atoms with Gasteiger partial charge in [0.1, 0.15) is 0 Å². The lowest BCUT2D eigenvalue weighted by Crippen LogP contribution is -2.39. The molecule has 2 aromatic carbocycles. The molecule has 1 heterocycles. The number of hydrogen-bond acceptors (Lipinski definition) is 3. The number of hydrogen-bond donors (Lipinski definition) is 1. The van der Waals surface area contributed by atoms with Crippen molar-refractivity contribution in [3.63, 3.8) is 0 Å². The van der Waals surface area contributed by atoms with Gasteiger partial charge in [0.15, 0.2) is 0 Å². The number of anilines is 1. The molecule has 1 atom stereocenters. The van der Waals surface area contributed by atoms with E-state index in [0.717, 1.165) is 36.6 Å². The molecule has 0 aliphatic carbocycles. The summed E-state index contributed by atoms with van der Waals surface area (Å²) in [6, 6.07) is 18.3. The molecule has 120 valence electrons. The minimum atomic E-state index is 0.455. The highest BCUT2D eigenvalue weighted by Crippen LogP contribution is 2.19. The van der Waals surface area contributed by atoms with E-state index >= 15 is 0 Å². The average Bonchev–Trinajstić information content (AvgIpc) is 2.57. The largest absolute Gasteiger partial charge is 0.305 e. The predicted octanol–water partition coefficient (Wildman–Crippen LogP) is 4.30. The number of benzene rings is 2. The Kier molecular flexibility index (Phi) is 5.31. The van der Waals surface area contributed by atoms with Crippen LogP contribution in [0.5, 0.6) is 0 Å². The molecule has 0 aromatic heterocycles. The highest BCUT2D eigenvalue weighted by atomic mass is 35.5. The first-order valence-corrected chi connectivity index (χ1v) is 8.39. The second kappa shape index (κ2) is 7.62. The molecule has 3 rings (SSSR count). The molecule has 0 amide bonds. The molecule has 1 saturated heterocycles. The maximum absolute atomic E-state index is 5.92. The number of piperidine rings is 1. The van der Waals surface area contributed by atoms with E-state index in [0.29, 0.717) is 5.92 Å². The van der Waals surface area contributed by atoms with Gasteiger partial charge in [-0.05, 0) is 43.3 Å². The van der Waals surface area contributed by atoms with Crippen LogP contribution >= 0.6 is 11.6 Å². The summed E-state index contributed by atoms with van der Waals surface area (Å²) in [5, 5.41) is 5.43. The number of nitrogens with zero attached hydrogens (tertiary/aromatic N) is 2. The first kappa shape index (κ1) is 16.0. The summed E-state index contributed by atoms with van der Waals surface area (Å²) < 4.78 is 0. The van der Waals surface area contributed by atoms with Crippen molar-refractivity contribution in [2.24, 2.45) is 11.0 Å². The van der Waals surface area contributed by atoms with Gasteiger partial charge in [-0.3, -0.25) is 5.43 Å². The molecule has 23 heavy (non-hydrogen) atoms. The molecule has 0 saturated carbocycles. The summed E-state index contributed by atoms with van der Waals surface area (Å²) in [5.74, 6) is 0.455. The molecule has 1 N–H and O–H groups in total. The third-order valence-electron chi connectivity index (χ3n) is 4.25. The second-order valence-electron chi connectivity index (χ2n) is 6.12. The fourth-order valence-electron chi connectivity index (χ4n) is 2.97. The normalized spacial score (nSPS) is 20.6. The van der Waals surface area contributed by atoms with Crippen LogP contribution in [0.3, 0.4) is 0 Å². The van der Waals surface area contributed by atoms with Gasteiger partial charge in [-0.25, -0.2) is 0 Å². The van der Waals surface area contributed by atoms with E-state index in [9.17, 15) is 0 Å². The third kappa shape index (κ3) is 4.57. The number of halogens is 1. The van der Waals surface area contributed by atoms with Crippen LogP contribution in [0.4, 0.5) is 5.69 Å². The quantitative estimate of drug-likeness (QED) is 0.848. The van der Waals surface area contributed by atoms with Gasteiger partial charge in [0.25, 0.3) is 0 Å². The number of nitrogens with one attached hydrogen (secondary N) is 1. The molecule has 3 nitrogen and oxygen atoms in total. The third-order valence-corrected chi connectivity index (χ3v) is 4.50. The van der Waals surface area contributed by atoms with Crippen LogP contribution in [-0.2, 0) is 6.42 Å². The van der Waals surface area contributed by atoms with Crippen molar-refractivity contribution in [3.05, 3.63) is 65.2 Å². The molecule has 1 fully saturated rings. The Bertz CT molecular complexity index is 652. The SMILES string of the molecule is CN1CCC(=NNc2ccc(Cl)cc2)C(Cc2ccccc2)C1. The molecule has 1 unspecified atom stereocenters. The lowest BCUT2D eigenvalue weighted by molar-refractivity contribution is 0.289. The van der Waals surface area contributed by atoms with Crippen LogP contribution < -0.4 is 5.43 Å². The van der Waals surface area contributed by atoms with Gasteiger partial charge < -0.3 is 4.90 Å². The zero-order valence-corrected chi connectivity index (χ0v) is 14.1. The zero-order valence-electron chi connectivity index (χ0n) is 13.4. The van der Waals surface area contributed by atoms with Gasteiger partial charge >= 0.3 is 0 Å². The summed E-state index contributed by atoms with van der Waals surface area (Å²) in [6.45, 7) is 2.11. The first-order valence-electron chi connectivity index (χ1n) is 8.01. The molecule has 1 aliphatic rings. The Balaban J connectivity index is 1.71. The molecular formula is C19H22ClN3.